The van der Waals surface area contributed by atoms with Crippen LogP contribution >= 0.6 is 0 Å². The molecule has 1 unspecified atom stereocenters. The van der Waals surface area contributed by atoms with E-state index in [9.17, 15) is 13.5 Å². The molecule has 1 atom stereocenters. The number of sulfonamides is 1. The van der Waals surface area contributed by atoms with Crippen molar-refractivity contribution in [3.63, 3.8) is 0 Å². The van der Waals surface area contributed by atoms with Crippen LogP contribution in [0.15, 0.2) is 41.3 Å². The summed E-state index contributed by atoms with van der Waals surface area (Å²) in [6.45, 7) is 3.57. The third-order valence-corrected chi connectivity index (χ3v) is 5.73. The third kappa shape index (κ3) is 1.81. The maximum atomic E-state index is 12.7. The fourth-order valence-electron chi connectivity index (χ4n) is 2.55. The molecule has 5 heteroatoms. The zero-order chi connectivity index (χ0) is 14.5. The number of nitrogens with zero attached hydrogens (tertiary/aromatic N) is 1. The van der Waals surface area contributed by atoms with Gasteiger partial charge < -0.3 is 5.11 Å². The summed E-state index contributed by atoms with van der Waals surface area (Å²) in [7, 11) is -3.57. The monoisotopic (exact) mass is 291 g/mol. The second kappa shape index (κ2) is 4.20. The van der Waals surface area contributed by atoms with E-state index in [2.05, 4.69) is 0 Å². The Bertz CT molecular complexity index is 776. The molecule has 0 amide bonds. The normalized spacial score (nSPS) is 19.2. The highest BCUT2D eigenvalue weighted by molar-refractivity contribution is 7.93. The molecule has 1 N–H and O–H groups in total. The van der Waals surface area contributed by atoms with Gasteiger partial charge in [-0.15, -0.1) is 0 Å². The fourth-order valence-corrected chi connectivity index (χ4v) is 4.38. The van der Waals surface area contributed by atoms with Crippen LogP contribution in [0.4, 0.5) is 5.69 Å². The lowest BCUT2D eigenvalue weighted by Gasteiger charge is -2.28. The van der Waals surface area contributed by atoms with E-state index in [-0.39, 0.29) is 6.54 Å². The maximum Gasteiger partial charge on any atom is 0.265 e. The van der Waals surface area contributed by atoms with Crippen LogP contribution in [0.5, 0.6) is 0 Å². The highest BCUT2D eigenvalue weighted by atomic mass is 32.2. The standard InChI is InChI=1S/C15H17NO3S/c1-3-15(2,17)10-16-12-8-4-6-11-7-5-9-13(14(11)12)20(16,18)19/h4-9,17H,3,10H2,1-2H3. The molecule has 0 aliphatic carbocycles. The highest BCUT2D eigenvalue weighted by Crippen LogP contribution is 2.42. The van der Waals surface area contributed by atoms with Gasteiger partial charge in [0.05, 0.1) is 22.7 Å². The second-order valence-electron chi connectivity index (χ2n) is 5.49. The van der Waals surface area contributed by atoms with E-state index in [1.54, 1.807) is 25.1 Å². The molecule has 1 aliphatic rings. The minimum atomic E-state index is -3.57. The first-order chi connectivity index (χ1) is 9.37. The molecule has 0 saturated heterocycles. The van der Waals surface area contributed by atoms with Gasteiger partial charge in [0.2, 0.25) is 0 Å². The number of β-amino-alcohol motifs (C(OH)–C–C–N with tert-alkyl or cyclic N) is 1. The summed E-state index contributed by atoms with van der Waals surface area (Å²) in [5.41, 5.74) is -0.385. The molecule has 20 heavy (non-hydrogen) atoms. The van der Waals surface area contributed by atoms with Crippen LogP contribution in [0.1, 0.15) is 20.3 Å². The van der Waals surface area contributed by atoms with Crippen LogP contribution in [0.25, 0.3) is 10.8 Å². The first-order valence-electron chi connectivity index (χ1n) is 6.64. The molecule has 0 aromatic heterocycles. The van der Waals surface area contributed by atoms with Crippen molar-refractivity contribution in [1.29, 1.82) is 0 Å². The first-order valence-corrected chi connectivity index (χ1v) is 8.08. The van der Waals surface area contributed by atoms with Crippen molar-refractivity contribution in [3.05, 3.63) is 36.4 Å². The van der Waals surface area contributed by atoms with Gasteiger partial charge in [-0.1, -0.05) is 31.2 Å². The van der Waals surface area contributed by atoms with Crippen molar-refractivity contribution < 1.29 is 13.5 Å². The zero-order valence-electron chi connectivity index (χ0n) is 11.5. The topological polar surface area (TPSA) is 57.6 Å². The summed E-state index contributed by atoms with van der Waals surface area (Å²) >= 11 is 0. The van der Waals surface area contributed by atoms with Crippen LogP contribution in [-0.2, 0) is 10.0 Å². The summed E-state index contributed by atoms with van der Waals surface area (Å²) in [5.74, 6) is 0. The van der Waals surface area contributed by atoms with E-state index in [1.807, 2.05) is 25.1 Å². The Hall–Kier alpha value is -1.59. The first kappa shape index (κ1) is 13.4. The molecule has 106 valence electrons. The van der Waals surface area contributed by atoms with Crippen LogP contribution in [0, 0.1) is 0 Å². The van der Waals surface area contributed by atoms with Crippen molar-refractivity contribution in [2.24, 2.45) is 0 Å². The maximum absolute atomic E-state index is 12.7. The molecule has 2 aromatic rings. The van der Waals surface area contributed by atoms with Gasteiger partial charge in [0.1, 0.15) is 0 Å². The van der Waals surface area contributed by atoms with Gasteiger partial charge in [-0.3, -0.25) is 4.31 Å². The van der Waals surface area contributed by atoms with Crippen molar-refractivity contribution in [3.8, 4) is 0 Å². The van der Waals surface area contributed by atoms with Gasteiger partial charge in [-0.25, -0.2) is 8.42 Å². The summed E-state index contributed by atoms with van der Waals surface area (Å²) in [4.78, 5) is 0.331. The van der Waals surface area contributed by atoms with Gasteiger partial charge in [-0.2, -0.15) is 0 Å². The van der Waals surface area contributed by atoms with Crippen LogP contribution < -0.4 is 4.31 Å². The number of hydrogen-bond donors (Lipinski definition) is 1. The van der Waals surface area contributed by atoms with E-state index < -0.39 is 15.6 Å². The molecule has 4 nitrogen and oxygen atoms in total. The van der Waals surface area contributed by atoms with E-state index in [4.69, 9.17) is 0 Å². The molecule has 0 radical (unpaired) electrons. The van der Waals surface area contributed by atoms with Crippen molar-refractivity contribution in [1.82, 2.24) is 0 Å². The van der Waals surface area contributed by atoms with Crippen LogP contribution in [0.2, 0.25) is 0 Å². The van der Waals surface area contributed by atoms with E-state index in [0.29, 0.717) is 17.0 Å². The molecule has 0 spiro atoms. The number of aliphatic hydroxyl groups is 1. The van der Waals surface area contributed by atoms with Gasteiger partial charge in [-0.05, 0) is 30.9 Å². The molecule has 0 fully saturated rings. The van der Waals surface area contributed by atoms with Crippen molar-refractivity contribution in [2.45, 2.75) is 30.8 Å². The van der Waals surface area contributed by atoms with Crippen LogP contribution in [0.3, 0.4) is 0 Å². The Morgan fingerprint density at radius 3 is 2.50 bits per heavy atom. The second-order valence-corrected chi connectivity index (χ2v) is 7.32. The highest BCUT2D eigenvalue weighted by Gasteiger charge is 2.38. The number of rotatable bonds is 3. The number of anilines is 1. The largest absolute Gasteiger partial charge is 0.388 e. The average molecular weight is 291 g/mol. The predicted octanol–water partition coefficient (Wildman–Crippen LogP) is 2.51. The van der Waals surface area contributed by atoms with Gasteiger partial charge >= 0.3 is 0 Å². The van der Waals surface area contributed by atoms with Gasteiger partial charge in [0, 0.05) is 5.39 Å². The summed E-state index contributed by atoms with van der Waals surface area (Å²) in [6.07, 6.45) is 0.491. The molecule has 1 aliphatic heterocycles. The number of benzene rings is 2. The Balaban J connectivity index is 2.24. The Labute approximate surface area is 118 Å². The van der Waals surface area contributed by atoms with Gasteiger partial charge in [0.15, 0.2) is 0 Å². The van der Waals surface area contributed by atoms with Crippen molar-refractivity contribution >= 4 is 26.5 Å². The summed E-state index contributed by atoms with van der Waals surface area (Å²) < 4.78 is 26.7. The predicted molar refractivity (Wildman–Crippen MR) is 79.4 cm³/mol. The van der Waals surface area contributed by atoms with Gasteiger partial charge in [0.25, 0.3) is 10.0 Å². The zero-order valence-corrected chi connectivity index (χ0v) is 12.3. The SMILES string of the molecule is CCC(C)(O)CN1c2cccc3cccc(c23)S1(=O)=O. The summed E-state index contributed by atoms with van der Waals surface area (Å²) in [6, 6.07) is 10.8. The Kier molecular flexibility index (Phi) is 2.81. The van der Waals surface area contributed by atoms with E-state index >= 15 is 0 Å². The molecule has 0 saturated carbocycles. The average Bonchev–Trinajstić information content (AvgIpc) is 2.63. The third-order valence-electron chi connectivity index (χ3n) is 3.93. The number of hydrogen-bond acceptors (Lipinski definition) is 3. The Morgan fingerprint density at radius 2 is 1.85 bits per heavy atom. The minimum Gasteiger partial charge on any atom is -0.388 e. The molecular weight excluding hydrogens is 274 g/mol. The quantitative estimate of drug-likeness (QED) is 0.945. The molecular formula is C15H17NO3S. The van der Waals surface area contributed by atoms with Crippen molar-refractivity contribution in [2.75, 3.05) is 10.8 Å². The lowest BCUT2D eigenvalue weighted by atomic mass is 10.0. The van der Waals surface area contributed by atoms with E-state index in [1.165, 1.54) is 4.31 Å². The smallest absolute Gasteiger partial charge is 0.265 e. The van der Waals surface area contributed by atoms with Crippen LogP contribution in [-0.4, -0.2) is 25.7 Å². The lowest BCUT2D eigenvalue weighted by molar-refractivity contribution is 0.0664. The minimum absolute atomic E-state index is 0.0691. The van der Waals surface area contributed by atoms with E-state index in [0.717, 1.165) is 10.8 Å². The summed E-state index contributed by atoms with van der Waals surface area (Å²) in [5, 5.41) is 11.9. The molecule has 2 aromatic carbocycles. The molecule has 3 rings (SSSR count). The molecule has 0 bridgehead atoms. The Morgan fingerprint density at radius 1 is 1.20 bits per heavy atom. The lowest BCUT2D eigenvalue weighted by Crippen LogP contribution is -2.42. The molecule has 1 heterocycles. The fraction of sp³-hybridized carbons (Fsp3) is 0.333.